The molecule has 4 N–H and O–H groups in total. The molecule has 0 aliphatic heterocycles. The number of alkyl carbamates (subject to hydrolysis) is 1. The van der Waals surface area contributed by atoms with E-state index in [4.69, 9.17) is 27.9 Å². The highest BCUT2D eigenvalue weighted by Gasteiger charge is 2.24. The van der Waals surface area contributed by atoms with Gasteiger partial charge in [0.15, 0.2) is 0 Å². The van der Waals surface area contributed by atoms with Crippen LogP contribution < -0.4 is 5.32 Å². The van der Waals surface area contributed by atoms with Crippen LogP contribution in [-0.4, -0.2) is 39.7 Å². The second-order valence-corrected chi connectivity index (χ2v) is 6.53. The van der Waals surface area contributed by atoms with E-state index in [0.29, 0.717) is 0 Å². The Morgan fingerprint density at radius 2 is 1.86 bits per heavy atom. The van der Waals surface area contributed by atoms with Crippen molar-refractivity contribution in [3.05, 3.63) is 27.7 Å². The van der Waals surface area contributed by atoms with Gasteiger partial charge in [-0.05, 0) is 26.8 Å². The summed E-state index contributed by atoms with van der Waals surface area (Å²) < 4.78 is 5.01. The van der Waals surface area contributed by atoms with Crippen LogP contribution in [0.1, 0.15) is 32.4 Å². The van der Waals surface area contributed by atoms with Gasteiger partial charge in [-0.25, -0.2) is 4.79 Å². The molecule has 0 aliphatic carbocycles. The van der Waals surface area contributed by atoms with Gasteiger partial charge in [0, 0.05) is 18.2 Å². The summed E-state index contributed by atoms with van der Waals surface area (Å²) >= 11 is 11.6. The molecular formula is C14H19Cl2NO5. The molecule has 6 nitrogen and oxygen atoms in total. The van der Waals surface area contributed by atoms with E-state index >= 15 is 0 Å². The van der Waals surface area contributed by atoms with Gasteiger partial charge >= 0.3 is 6.09 Å². The van der Waals surface area contributed by atoms with Crippen LogP contribution in [0.5, 0.6) is 5.75 Å². The third kappa shape index (κ3) is 5.53. The van der Waals surface area contributed by atoms with Crippen molar-refractivity contribution >= 4 is 29.3 Å². The normalized spacial score (nSPS) is 14.3. The Hall–Kier alpha value is -1.21. The number of aromatic hydroxyl groups is 1. The molecule has 0 bridgehead atoms. The van der Waals surface area contributed by atoms with Crippen molar-refractivity contribution in [1.82, 2.24) is 5.32 Å². The molecule has 0 fully saturated rings. The van der Waals surface area contributed by atoms with E-state index < -0.39 is 23.9 Å². The fourth-order valence-electron chi connectivity index (χ4n) is 1.60. The maximum atomic E-state index is 11.5. The van der Waals surface area contributed by atoms with E-state index in [1.807, 2.05) is 0 Å². The van der Waals surface area contributed by atoms with Crippen LogP contribution in [0.3, 0.4) is 0 Å². The lowest BCUT2D eigenvalue weighted by molar-refractivity contribution is 0.0130. The highest BCUT2D eigenvalue weighted by Crippen LogP contribution is 2.34. The lowest BCUT2D eigenvalue weighted by Crippen LogP contribution is -2.38. The third-order valence-corrected chi connectivity index (χ3v) is 3.23. The van der Waals surface area contributed by atoms with Crippen LogP contribution >= 0.6 is 23.2 Å². The summed E-state index contributed by atoms with van der Waals surface area (Å²) in [5.74, 6) is -0.232. The first kappa shape index (κ1) is 18.8. The molecule has 22 heavy (non-hydrogen) atoms. The minimum Gasteiger partial charge on any atom is -0.506 e. The molecule has 0 heterocycles. The van der Waals surface area contributed by atoms with Gasteiger partial charge in [-0.15, -0.1) is 0 Å². The first-order chi connectivity index (χ1) is 10.0. The number of amides is 1. The third-order valence-electron chi connectivity index (χ3n) is 2.60. The van der Waals surface area contributed by atoms with E-state index in [1.54, 1.807) is 20.8 Å². The molecule has 8 heteroatoms. The average Bonchev–Trinajstić information content (AvgIpc) is 2.37. The van der Waals surface area contributed by atoms with Crippen LogP contribution in [0.25, 0.3) is 0 Å². The van der Waals surface area contributed by atoms with E-state index in [0.717, 1.165) is 6.07 Å². The van der Waals surface area contributed by atoms with Crippen LogP contribution in [0.4, 0.5) is 4.79 Å². The van der Waals surface area contributed by atoms with Gasteiger partial charge in [-0.3, -0.25) is 0 Å². The number of phenolic OH excluding ortho intramolecular Hbond substituents is 1. The molecule has 2 unspecified atom stereocenters. The SMILES string of the molecule is CC(C)(C)OC(=O)NCC(O)C(O)c1cc(Cl)c(O)cc1Cl. The summed E-state index contributed by atoms with van der Waals surface area (Å²) in [5.41, 5.74) is -0.524. The average molecular weight is 352 g/mol. The lowest BCUT2D eigenvalue weighted by Gasteiger charge is -2.22. The van der Waals surface area contributed by atoms with Crippen LogP contribution in [0, 0.1) is 0 Å². The number of carbonyl (C=O) groups excluding carboxylic acids is 1. The van der Waals surface area contributed by atoms with Gasteiger partial charge in [-0.2, -0.15) is 0 Å². The molecular weight excluding hydrogens is 333 g/mol. The number of phenols is 1. The number of hydrogen-bond donors (Lipinski definition) is 4. The van der Waals surface area contributed by atoms with E-state index in [-0.39, 0.29) is 27.9 Å². The highest BCUT2D eigenvalue weighted by atomic mass is 35.5. The molecule has 0 spiro atoms. The summed E-state index contributed by atoms with van der Waals surface area (Å²) in [4.78, 5) is 11.5. The number of carbonyl (C=O) groups is 1. The van der Waals surface area contributed by atoms with E-state index in [9.17, 15) is 20.1 Å². The molecule has 1 aromatic rings. The fourth-order valence-corrected chi connectivity index (χ4v) is 2.04. The zero-order valence-electron chi connectivity index (χ0n) is 12.4. The zero-order valence-corrected chi connectivity index (χ0v) is 13.9. The number of aliphatic hydroxyl groups is 2. The monoisotopic (exact) mass is 351 g/mol. The summed E-state index contributed by atoms with van der Waals surface area (Å²) in [6.45, 7) is 4.87. The zero-order chi connectivity index (χ0) is 17.1. The second kappa shape index (κ2) is 7.37. The highest BCUT2D eigenvalue weighted by molar-refractivity contribution is 6.34. The first-order valence-electron chi connectivity index (χ1n) is 6.52. The quantitative estimate of drug-likeness (QED) is 0.668. The summed E-state index contributed by atoms with van der Waals surface area (Å²) in [5, 5.41) is 31.8. The summed E-state index contributed by atoms with van der Waals surface area (Å²) in [6, 6.07) is 2.41. The predicted octanol–water partition coefficient (Wildman–Crippen LogP) is 2.62. The maximum absolute atomic E-state index is 11.5. The van der Waals surface area contributed by atoms with E-state index in [1.165, 1.54) is 6.07 Å². The first-order valence-corrected chi connectivity index (χ1v) is 7.27. The smallest absolute Gasteiger partial charge is 0.407 e. The van der Waals surface area contributed by atoms with Gasteiger partial charge < -0.3 is 25.4 Å². The van der Waals surface area contributed by atoms with Crippen molar-refractivity contribution in [2.45, 2.75) is 38.6 Å². The number of benzene rings is 1. The predicted molar refractivity (Wildman–Crippen MR) is 83.3 cm³/mol. The number of rotatable bonds is 4. The number of hydrogen-bond acceptors (Lipinski definition) is 5. The topological polar surface area (TPSA) is 99.0 Å². The molecule has 0 aliphatic rings. The largest absolute Gasteiger partial charge is 0.506 e. The molecule has 2 atom stereocenters. The number of nitrogens with one attached hydrogen (secondary N) is 1. The Morgan fingerprint density at radius 1 is 1.27 bits per heavy atom. The number of aliphatic hydroxyl groups excluding tert-OH is 2. The van der Waals surface area contributed by atoms with Gasteiger partial charge in [0.1, 0.15) is 23.6 Å². The van der Waals surface area contributed by atoms with Crippen molar-refractivity contribution < 1.29 is 24.9 Å². The standard InChI is InChI=1S/C14H19Cl2NO5/c1-14(2,3)22-13(21)17-6-11(19)12(20)7-4-9(16)10(18)5-8(7)15/h4-5,11-12,18-20H,6H2,1-3H3,(H,17,21). The lowest BCUT2D eigenvalue weighted by atomic mass is 10.0. The molecule has 124 valence electrons. The van der Waals surface area contributed by atoms with Gasteiger partial charge in [-0.1, -0.05) is 23.2 Å². The maximum Gasteiger partial charge on any atom is 0.407 e. The van der Waals surface area contributed by atoms with Crippen molar-refractivity contribution in [1.29, 1.82) is 0 Å². The second-order valence-electron chi connectivity index (χ2n) is 5.72. The molecule has 1 aromatic carbocycles. The molecule has 0 aromatic heterocycles. The summed E-state index contributed by atoms with van der Waals surface area (Å²) in [7, 11) is 0. The number of halogens is 2. The number of ether oxygens (including phenoxy) is 1. The Morgan fingerprint density at radius 3 is 2.41 bits per heavy atom. The van der Waals surface area contributed by atoms with E-state index in [2.05, 4.69) is 5.32 Å². The molecule has 0 radical (unpaired) electrons. The van der Waals surface area contributed by atoms with Crippen LogP contribution in [-0.2, 0) is 4.74 Å². The fraction of sp³-hybridized carbons (Fsp3) is 0.500. The molecule has 0 saturated carbocycles. The molecule has 1 rings (SSSR count). The van der Waals surface area contributed by atoms with Gasteiger partial charge in [0.2, 0.25) is 0 Å². The van der Waals surface area contributed by atoms with Crippen molar-refractivity contribution in [3.8, 4) is 5.75 Å². The summed E-state index contributed by atoms with van der Waals surface area (Å²) in [6.07, 6.45) is -3.43. The van der Waals surface area contributed by atoms with Gasteiger partial charge in [0.05, 0.1) is 10.0 Å². The Bertz CT molecular complexity index is 545. The molecule has 0 saturated heterocycles. The molecule has 1 amide bonds. The Labute approximate surface area is 138 Å². The minimum absolute atomic E-state index is 0.00856. The van der Waals surface area contributed by atoms with Crippen molar-refractivity contribution in [2.75, 3.05) is 6.54 Å². The van der Waals surface area contributed by atoms with Crippen molar-refractivity contribution in [2.24, 2.45) is 0 Å². The van der Waals surface area contributed by atoms with Crippen LogP contribution in [0.15, 0.2) is 12.1 Å². The minimum atomic E-state index is -1.39. The van der Waals surface area contributed by atoms with Crippen LogP contribution in [0.2, 0.25) is 10.0 Å². The Kier molecular flexibility index (Phi) is 6.31. The van der Waals surface area contributed by atoms with Gasteiger partial charge in [0.25, 0.3) is 0 Å². The Balaban J connectivity index is 2.68. The van der Waals surface area contributed by atoms with Crippen molar-refractivity contribution in [3.63, 3.8) is 0 Å².